The van der Waals surface area contributed by atoms with E-state index in [2.05, 4.69) is 9.82 Å². The summed E-state index contributed by atoms with van der Waals surface area (Å²) in [6.45, 7) is 5.75. The molecule has 0 unspecified atom stereocenters. The average Bonchev–Trinajstić information content (AvgIpc) is 2.67. The zero-order chi connectivity index (χ0) is 14.9. The average molecular weight is 297 g/mol. The number of aryl methyl sites for hydroxylation is 2. The van der Waals surface area contributed by atoms with Crippen molar-refractivity contribution in [2.24, 2.45) is 0 Å². The first kappa shape index (κ1) is 14.5. The summed E-state index contributed by atoms with van der Waals surface area (Å²) in [6.07, 6.45) is 0. The lowest BCUT2D eigenvalue weighted by atomic mass is 10.3. The van der Waals surface area contributed by atoms with Crippen molar-refractivity contribution in [1.29, 1.82) is 0 Å². The largest absolute Gasteiger partial charge is 0.277 e. The lowest BCUT2D eigenvalue weighted by Gasteiger charge is -2.09. The van der Waals surface area contributed by atoms with Gasteiger partial charge in [0.2, 0.25) is 0 Å². The Hall–Kier alpha value is -1.89. The van der Waals surface area contributed by atoms with Gasteiger partial charge in [-0.1, -0.05) is 12.1 Å². The number of sulfonamides is 1. The minimum Gasteiger partial charge on any atom is -0.277 e. The molecule has 0 spiro atoms. The standard InChI is InChI=1S/C13H16FN3O2S/c1-4-17-10(3)13(9(2)15-17)20(18,19)16-12-8-6-5-7-11(12)14/h5-8,16H,4H2,1-3H3. The van der Waals surface area contributed by atoms with Crippen LogP contribution in [0.15, 0.2) is 29.2 Å². The van der Waals surface area contributed by atoms with Crippen LogP contribution in [0.4, 0.5) is 10.1 Å². The molecule has 0 saturated heterocycles. The number of halogens is 1. The normalized spacial score (nSPS) is 11.6. The van der Waals surface area contributed by atoms with Crippen molar-refractivity contribution in [2.75, 3.05) is 4.72 Å². The van der Waals surface area contributed by atoms with Gasteiger partial charge in [0.15, 0.2) is 0 Å². The first-order valence-corrected chi connectivity index (χ1v) is 7.66. The van der Waals surface area contributed by atoms with Gasteiger partial charge >= 0.3 is 0 Å². The number of benzene rings is 1. The van der Waals surface area contributed by atoms with E-state index in [0.717, 1.165) is 0 Å². The maximum Gasteiger partial charge on any atom is 0.265 e. The van der Waals surface area contributed by atoms with Gasteiger partial charge in [-0.25, -0.2) is 12.8 Å². The Bertz CT molecular complexity index is 738. The maximum absolute atomic E-state index is 13.6. The van der Waals surface area contributed by atoms with Crippen LogP contribution in [0.3, 0.4) is 0 Å². The SMILES string of the molecule is CCn1nc(C)c(S(=O)(=O)Nc2ccccc2F)c1C. The Morgan fingerprint density at radius 3 is 2.50 bits per heavy atom. The summed E-state index contributed by atoms with van der Waals surface area (Å²) >= 11 is 0. The molecule has 7 heteroatoms. The number of rotatable bonds is 4. The van der Waals surface area contributed by atoms with Crippen molar-refractivity contribution in [3.05, 3.63) is 41.5 Å². The maximum atomic E-state index is 13.6. The molecule has 0 saturated carbocycles. The minimum absolute atomic E-state index is 0.0736. The van der Waals surface area contributed by atoms with Crippen LogP contribution in [0.1, 0.15) is 18.3 Å². The number of aromatic nitrogens is 2. The summed E-state index contributed by atoms with van der Waals surface area (Å²) in [7, 11) is -3.86. The van der Waals surface area contributed by atoms with Crippen molar-refractivity contribution >= 4 is 15.7 Å². The van der Waals surface area contributed by atoms with Crippen LogP contribution in [0.25, 0.3) is 0 Å². The third kappa shape index (κ3) is 2.53. The summed E-state index contributed by atoms with van der Waals surface area (Å²) in [5.74, 6) is -0.616. The molecule has 5 nitrogen and oxygen atoms in total. The summed E-state index contributed by atoms with van der Waals surface area (Å²) < 4.78 is 42.2. The van der Waals surface area contributed by atoms with Crippen molar-refractivity contribution in [2.45, 2.75) is 32.2 Å². The molecule has 0 aliphatic heterocycles. The molecule has 2 aromatic rings. The fraction of sp³-hybridized carbons (Fsp3) is 0.308. The van der Waals surface area contributed by atoms with Gasteiger partial charge in [-0.2, -0.15) is 5.10 Å². The van der Waals surface area contributed by atoms with Crippen molar-refractivity contribution < 1.29 is 12.8 Å². The highest BCUT2D eigenvalue weighted by atomic mass is 32.2. The van der Waals surface area contributed by atoms with Crippen molar-refractivity contribution in [3.8, 4) is 0 Å². The smallest absolute Gasteiger partial charge is 0.265 e. The van der Waals surface area contributed by atoms with Crippen LogP contribution in [-0.2, 0) is 16.6 Å². The summed E-state index contributed by atoms with van der Waals surface area (Å²) in [5, 5.41) is 4.16. The summed E-state index contributed by atoms with van der Waals surface area (Å²) in [5.41, 5.74) is 0.859. The van der Waals surface area contributed by atoms with Gasteiger partial charge in [0.1, 0.15) is 10.7 Å². The second kappa shape index (κ2) is 5.24. The number of nitrogens with zero attached hydrogens (tertiary/aromatic N) is 2. The number of anilines is 1. The molecule has 0 fully saturated rings. The predicted octanol–water partition coefficient (Wildman–Crippen LogP) is 2.46. The highest BCUT2D eigenvalue weighted by Crippen LogP contribution is 2.23. The topological polar surface area (TPSA) is 64.0 Å². The molecule has 0 aliphatic rings. The molecule has 20 heavy (non-hydrogen) atoms. The van der Waals surface area contributed by atoms with E-state index in [1.165, 1.54) is 18.2 Å². The monoisotopic (exact) mass is 297 g/mol. The van der Waals surface area contributed by atoms with E-state index in [0.29, 0.717) is 17.9 Å². The third-order valence-electron chi connectivity index (χ3n) is 3.00. The van der Waals surface area contributed by atoms with Gasteiger partial charge in [-0.05, 0) is 32.9 Å². The zero-order valence-corrected chi connectivity index (χ0v) is 12.3. The molecule has 2 rings (SSSR count). The second-order valence-corrected chi connectivity index (χ2v) is 6.02. The van der Waals surface area contributed by atoms with E-state index in [4.69, 9.17) is 0 Å². The van der Waals surface area contributed by atoms with Gasteiger partial charge in [0, 0.05) is 6.54 Å². The lowest BCUT2D eigenvalue weighted by Crippen LogP contribution is -2.15. The zero-order valence-electron chi connectivity index (χ0n) is 11.5. The first-order valence-electron chi connectivity index (χ1n) is 6.18. The Morgan fingerprint density at radius 2 is 1.95 bits per heavy atom. The first-order chi connectivity index (χ1) is 9.36. The van der Waals surface area contributed by atoms with Crippen LogP contribution in [-0.4, -0.2) is 18.2 Å². The minimum atomic E-state index is -3.86. The highest BCUT2D eigenvalue weighted by Gasteiger charge is 2.25. The van der Waals surface area contributed by atoms with Gasteiger partial charge in [-0.15, -0.1) is 0 Å². The van der Waals surface area contributed by atoms with E-state index in [-0.39, 0.29) is 10.6 Å². The molecular formula is C13H16FN3O2S. The fourth-order valence-electron chi connectivity index (χ4n) is 2.12. The quantitative estimate of drug-likeness (QED) is 0.943. The Balaban J connectivity index is 2.47. The molecular weight excluding hydrogens is 281 g/mol. The molecule has 0 amide bonds. The second-order valence-electron chi connectivity index (χ2n) is 4.40. The molecule has 1 aromatic carbocycles. The summed E-state index contributed by atoms with van der Waals surface area (Å²) in [6, 6.07) is 5.64. The molecule has 1 N–H and O–H groups in total. The van der Waals surface area contributed by atoms with E-state index >= 15 is 0 Å². The molecule has 0 radical (unpaired) electrons. The molecule has 0 aliphatic carbocycles. The van der Waals surface area contributed by atoms with Gasteiger partial charge < -0.3 is 0 Å². The van der Waals surface area contributed by atoms with Crippen molar-refractivity contribution in [1.82, 2.24) is 9.78 Å². The summed E-state index contributed by atoms with van der Waals surface area (Å²) in [4.78, 5) is 0.0996. The lowest BCUT2D eigenvalue weighted by molar-refractivity contribution is 0.596. The van der Waals surface area contributed by atoms with E-state index in [1.54, 1.807) is 24.6 Å². The molecule has 0 bridgehead atoms. The Labute approximate surface area is 117 Å². The highest BCUT2D eigenvalue weighted by molar-refractivity contribution is 7.92. The Kier molecular flexibility index (Phi) is 3.80. The van der Waals surface area contributed by atoms with Crippen molar-refractivity contribution in [3.63, 3.8) is 0 Å². The van der Waals surface area contributed by atoms with Gasteiger partial charge in [0.25, 0.3) is 10.0 Å². The van der Waals surface area contributed by atoms with Crippen LogP contribution in [0.5, 0.6) is 0 Å². The number of hydrogen-bond acceptors (Lipinski definition) is 3. The molecule has 0 atom stereocenters. The van der Waals surface area contributed by atoms with Gasteiger partial charge in [-0.3, -0.25) is 9.40 Å². The van der Waals surface area contributed by atoms with Crippen LogP contribution in [0, 0.1) is 19.7 Å². The molecule has 108 valence electrons. The van der Waals surface area contributed by atoms with E-state index < -0.39 is 15.8 Å². The Morgan fingerprint density at radius 1 is 1.30 bits per heavy atom. The van der Waals surface area contributed by atoms with Gasteiger partial charge in [0.05, 0.1) is 17.1 Å². The third-order valence-corrected chi connectivity index (χ3v) is 4.62. The number of nitrogens with one attached hydrogen (secondary N) is 1. The van der Waals surface area contributed by atoms with E-state index in [9.17, 15) is 12.8 Å². The molecule has 1 aromatic heterocycles. The van der Waals surface area contributed by atoms with E-state index in [1.807, 2.05) is 6.92 Å². The number of hydrogen-bond donors (Lipinski definition) is 1. The van der Waals surface area contributed by atoms with Crippen LogP contribution >= 0.6 is 0 Å². The molecule has 1 heterocycles. The predicted molar refractivity (Wildman–Crippen MR) is 74.6 cm³/mol. The van der Waals surface area contributed by atoms with Crippen LogP contribution < -0.4 is 4.72 Å². The van der Waals surface area contributed by atoms with Crippen LogP contribution in [0.2, 0.25) is 0 Å². The fourth-order valence-corrected chi connectivity index (χ4v) is 3.60. The number of para-hydroxylation sites is 1.